The molecule has 0 aromatic carbocycles. The number of quaternary nitrogens is 1. The third-order valence-corrected chi connectivity index (χ3v) is 5.86. The first-order valence-corrected chi connectivity index (χ1v) is 13.5. The second kappa shape index (κ2) is 19.1. The van der Waals surface area contributed by atoms with Crippen LogP contribution in [-0.4, -0.2) is 63.2 Å². The van der Waals surface area contributed by atoms with E-state index in [1.165, 1.54) is 64.2 Å². The van der Waals surface area contributed by atoms with Gasteiger partial charge in [0, 0.05) is 0 Å². The quantitative estimate of drug-likeness (QED) is 0.107. The summed E-state index contributed by atoms with van der Waals surface area (Å²) in [4.78, 5) is 11.6. The Bertz CT molecular complexity index is 481. The van der Waals surface area contributed by atoms with Crippen LogP contribution in [0, 0.1) is 0 Å². The maximum Gasteiger partial charge on any atom is 0.268 e. The molecule has 0 saturated carbocycles. The lowest BCUT2D eigenvalue weighted by Gasteiger charge is -2.27. The second-order valence-electron chi connectivity index (χ2n) is 9.27. The van der Waals surface area contributed by atoms with Crippen LogP contribution in [0.15, 0.2) is 12.3 Å². The Kier molecular flexibility index (Phi) is 18.8. The summed E-state index contributed by atoms with van der Waals surface area (Å²) in [5.41, 5.74) is 0. The van der Waals surface area contributed by atoms with Crippen molar-refractivity contribution >= 4 is 7.82 Å². The van der Waals surface area contributed by atoms with E-state index in [0.717, 1.165) is 12.8 Å². The van der Waals surface area contributed by atoms with Gasteiger partial charge in [0.1, 0.15) is 25.9 Å². The van der Waals surface area contributed by atoms with Gasteiger partial charge in [-0.05, 0) is 18.9 Å². The van der Waals surface area contributed by atoms with Crippen molar-refractivity contribution in [3.05, 3.63) is 12.3 Å². The Labute approximate surface area is 191 Å². The molecule has 0 aromatic heterocycles. The minimum absolute atomic E-state index is 0.0202. The number of nitrogens with zero attached hydrogens (tertiary/aromatic N) is 1. The van der Waals surface area contributed by atoms with Crippen molar-refractivity contribution in [3.63, 3.8) is 0 Å². The summed E-state index contributed by atoms with van der Waals surface area (Å²) in [6, 6.07) is 0. The second-order valence-corrected chi connectivity index (χ2v) is 10.7. The number of hydrogen-bond donors (Lipinski definition) is 1. The highest BCUT2D eigenvalue weighted by Crippen LogP contribution is 2.38. The highest BCUT2D eigenvalue weighted by Gasteiger charge is 2.15. The zero-order chi connectivity index (χ0) is 23.4. The van der Waals surface area contributed by atoms with Gasteiger partial charge in [0.05, 0.1) is 34.0 Å². The average Bonchev–Trinajstić information content (AvgIpc) is 2.68. The lowest BCUT2D eigenvalue weighted by Crippen LogP contribution is -2.37. The van der Waals surface area contributed by atoms with Gasteiger partial charge in [-0.1, -0.05) is 71.1 Å². The summed E-state index contributed by atoms with van der Waals surface area (Å²) in [6.07, 6.45) is 17.9. The molecule has 8 heteroatoms. The Hall–Kier alpha value is -0.430. The van der Waals surface area contributed by atoms with Crippen molar-refractivity contribution in [2.75, 3.05) is 47.5 Å². The molecule has 0 radical (unpaired) electrons. The highest BCUT2D eigenvalue weighted by molar-refractivity contribution is 7.45. The third-order valence-electron chi connectivity index (χ3n) is 4.89. The lowest BCUT2D eigenvalue weighted by atomic mass is 10.1. The molecule has 0 spiro atoms. The van der Waals surface area contributed by atoms with E-state index in [9.17, 15) is 14.6 Å². The van der Waals surface area contributed by atoms with Gasteiger partial charge in [0.2, 0.25) is 0 Å². The largest absolute Gasteiger partial charge is 0.756 e. The molecule has 2 unspecified atom stereocenters. The molecule has 7 nitrogen and oxygen atoms in total. The van der Waals surface area contributed by atoms with Gasteiger partial charge >= 0.3 is 0 Å². The molecule has 0 aromatic rings. The molecule has 0 amide bonds. The van der Waals surface area contributed by atoms with E-state index < -0.39 is 13.9 Å². The van der Waals surface area contributed by atoms with Gasteiger partial charge in [0.25, 0.3) is 7.82 Å². The standard InChI is InChI=1S/C23H48NO6P/c1-5-6-7-8-9-10-11-12-13-14-15-16-17-19-28-21-23(25)22-30-31(26,27)29-20-18-24(2,3)4/h17,19,23,25H,5-16,18,20-22H2,1-4H3. The van der Waals surface area contributed by atoms with Gasteiger partial charge in [-0.15, -0.1) is 0 Å². The van der Waals surface area contributed by atoms with Crippen LogP contribution in [0.1, 0.15) is 84.0 Å². The van der Waals surface area contributed by atoms with Crippen LogP contribution in [0.2, 0.25) is 0 Å². The summed E-state index contributed by atoms with van der Waals surface area (Å²) in [5.74, 6) is 0. The Morgan fingerprint density at radius 2 is 1.45 bits per heavy atom. The molecule has 0 saturated heterocycles. The highest BCUT2D eigenvalue weighted by atomic mass is 31.2. The summed E-state index contributed by atoms with van der Waals surface area (Å²) in [5, 5.41) is 9.77. The zero-order valence-electron chi connectivity index (χ0n) is 20.4. The first-order valence-electron chi connectivity index (χ1n) is 12.0. The van der Waals surface area contributed by atoms with E-state index in [2.05, 4.69) is 6.92 Å². The van der Waals surface area contributed by atoms with E-state index in [4.69, 9.17) is 13.8 Å². The van der Waals surface area contributed by atoms with Crippen LogP contribution in [0.25, 0.3) is 0 Å². The molecule has 2 atom stereocenters. The number of phosphoric ester groups is 1. The summed E-state index contributed by atoms with van der Waals surface area (Å²) in [6.45, 7) is 2.43. The van der Waals surface area contributed by atoms with Crippen molar-refractivity contribution in [1.29, 1.82) is 0 Å². The van der Waals surface area contributed by atoms with Gasteiger partial charge in [-0.25, -0.2) is 0 Å². The van der Waals surface area contributed by atoms with Gasteiger partial charge < -0.3 is 28.3 Å². The molecule has 0 aliphatic heterocycles. The fourth-order valence-electron chi connectivity index (χ4n) is 2.92. The number of hydrogen-bond acceptors (Lipinski definition) is 6. The molecular formula is C23H48NO6P. The Morgan fingerprint density at radius 1 is 0.903 bits per heavy atom. The van der Waals surface area contributed by atoms with Crippen molar-refractivity contribution in [3.8, 4) is 0 Å². The first kappa shape index (κ1) is 30.6. The Morgan fingerprint density at radius 3 is 2.00 bits per heavy atom. The molecule has 1 N–H and O–H groups in total. The summed E-state index contributed by atoms with van der Waals surface area (Å²) >= 11 is 0. The predicted molar refractivity (Wildman–Crippen MR) is 125 cm³/mol. The predicted octanol–water partition coefficient (Wildman–Crippen LogP) is 4.79. The van der Waals surface area contributed by atoms with Gasteiger partial charge in [-0.3, -0.25) is 4.57 Å². The zero-order valence-corrected chi connectivity index (χ0v) is 21.3. The molecule has 0 heterocycles. The van der Waals surface area contributed by atoms with E-state index in [1.807, 2.05) is 27.2 Å². The smallest absolute Gasteiger partial charge is 0.268 e. The van der Waals surface area contributed by atoms with E-state index in [-0.39, 0.29) is 19.8 Å². The van der Waals surface area contributed by atoms with Crippen LogP contribution in [-0.2, 0) is 18.3 Å². The first-order chi connectivity index (χ1) is 14.7. The molecule has 31 heavy (non-hydrogen) atoms. The molecule has 186 valence electrons. The van der Waals surface area contributed by atoms with Crippen LogP contribution >= 0.6 is 7.82 Å². The van der Waals surface area contributed by atoms with E-state index in [1.54, 1.807) is 6.26 Å². The number of ether oxygens (including phenoxy) is 1. The minimum atomic E-state index is -4.40. The number of phosphoric acid groups is 1. The molecule has 0 fully saturated rings. The van der Waals surface area contributed by atoms with Crippen molar-refractivity contribution < 1.29 is 32.8 Å². The number of rotatable bonds is 22. The normalized spacial score (nSPS) is 15.3. The molecule has 0 aliphatic carbocycles. The maximum atomic E-state index is 11.6. The number of unbranched alkanes of at least 4 members (excludes halogenated alkanes) is 11. The van der Waals surface area contributed by atoms with E-state index >= 15 is 0 Å². The van der Waals surface area contributed by atoms with Gasteiger partial charge in [-0.2, -0.15) is 0 Å². The average molecular weight is 466 g/mol. The van der Waals surface area contributed by atoms with Crippen LogP contribution in [0.5, 0.6) is 0 Å². The summed E-state index contributed by atoms with van der Waals surface area (Å²) in [7, 11) is 1.41. The fraction of sp³-hybridized carbons (Fsp3) is 0.913. The fourth-order valence-corrected chi connectivity index (χ4v) is 3.65. The third kappa shape index (κ3) is 24.1. The summed E-state index contributed by atoms with van der Waals surface area (Å²) < 4.78 is 27.0. The molecular weight excluding hydrogens is 417 g/mol. The lowest BCUT2D eigenvalue weighted by molar-refractivity contribution is -0.870. The van der Waals surface area contributed by atoms with E-state index in [0.29, 0.717) is 11.0 Å². The van der Waals surface area contributed by atoms with Crippen LogP contribution in [0.3, 0.4) is 0 Å². The van der Waals surface area contributed by atoms with Crippen molar-refractivity contribution in [2.24, 2.45) is 0 Å². The monoisotopic (exact) mass is 465 g/mol. The molecule has 0 rings (SSSR count). The topological polar surface area (TPSA) is 88.0 Å². The maximum absolute atomic E-state index is 11.6. The number of likely N-dealkylation sites (N-methyl/N-ethyl adjacent to an activating group) is 1. The SMILES string of the molecule is CCCCCCCCCCCCCC=COCC(O)COP(=O)([O-])OCC[N+](C)(C)C. The van der Waals surface area contributed by atoms with Crippen LogP contribution < -0.4 is 4.89 Å². The number of aliphatic hydroxyl groups is 1. The number of aliphatic hydroxyl groups excluding tert-OH is 1. The van der Waals surface area contributed by atoms with Crippen molar-refractivity contribution in [1.82, 2.24) is 0 Å². The Balaban J connectivity index is 3.53. The minimum Gasteiger partial charge on any atom is -0.756 e. The number of allylic oxidation sites excluding steroid dienone is 1. The van der Waals surface area contributed by atoms with Gasteiger partial charge in [0.15, 0.2) is 0 Å². The van der Waals surface area contributed by atoms with Crippen LogP contribution in [0.4, 0.5) is 0 Å². The molecule has 0 aliphatic rings. The van der Waals surface area contributed by atoms with Crippen molar-refractivity contribution in [2.45, 2.75) is 90.1 Å². The molecule has 0 bridgehead atoms.